The lowest BCUT2D eigenvalue weighted by Gasteiger charge is -2.34. The van der Waals surface area contributed by atoms with Crippen LogP contribution < -0.4 is 4.74 Å². The first kappa shape index (κ1) is 21.3. The third kappa shape index (κ3) is 3.48. The van der Waals surface area contributed by atoms with E-state index in [1.54, 1.807) is 7.11 Å². The average Bonchev–Trinajstić information content (AvgIpc) is 3.33. The Morgan fingerprint density at radius 1 is 0.971 bits per heavy atom. The summed E-state index contributed by atoms with van der Waals surface area (Å²) in [6.45, 7) is 0.348. The topological polar surface area (TPSA) is 38.8 Å². The Bertz CT molecular complexity index is 1250. The van der Waals surface area contributed by atoms with Crippen molar-refractivity contribution in [3.63, 3.8) is 0 Å². The predicted octanol–water partition coefficient (Wildman–Crippen LogP) is 6.92. The normalized spacial score (nSPS) is 20.5. The maximum Gasteiger partial charge on any atom is 0.410 e. The number of nitrogens with zero attached hydrogens (tertiary/aromatic N) is 1. The molecule has 5 heteroatoms. The van der Waals surface area contributed by atoms with Crippen molar-refractivity contribution in [1.29, 1.82) is 0 Å². The second-order valence-electron chi connectivity index (χ2n) is 9.25. The van der Waals surface area contributed by atoms with Gasteiger partial charge in [0.15, 0.2) is 0 Å². The van der Waals surface area contributed by atoms with Crippen LogP contribution in [0.1, 0.15) is 41.9 Å². The van der Waals surface area contributed by atoms with E-state index < -0.39 is 0 Å². The van der Waals surface area contributed by atoms with Crippen molar-refractivity contribution >= 4 is 23.3 Å². The molecule has 0 radical (unpaired) electrons. The number of hydrogen-bond donors (Lipinski definition) is 0. The van der Waals surface area contributed by atoms with Crippen molar-refractivity contribution in [2.45, 2.75) is 37.3 Å². The molecule has 3 aromatic carbocycles. The van der Waals surface area contributed by atoms with E-state index in [1.807, 2.05) is 23.1 Å². The second-order valence-corrected chi connectivity index (χ2v) is 9.66. The molecular weight excluding hydrogens is 446 g/mol. The zero-order valence-corrected chi connectivity index (χ0v) is 19.8. The van der Waals surface area contributed by atoms with E-state index in [-0.39, 0.29) is 24.1 Å². The number of fused-ring (bicyclic) bond motifs is 5. The molecule has 1 amide bonds. The summed E-state index contributed by atoms with van der Waals surface area (Å²) in [7, 11) is 1.66. The molecule has 1 saturated heterocycles. The van der Waals surface area contributed by atoms with E-state index in [2.05, 4.69) is 54.6 Å². The van der Waals surface area contributed by atoms with Crippen molar-refractivity contribution in [1.82, 2.24) is 4.90 Å². The largest absolute Gasteiger partial charge is 0.497 e. The minimum Gasteiger partial charge on any atom is -0.497 e. The lowest BCUT2D eigenvalue weighted by molar-refractivity contribution is 0.0866. The van der Waals surface area contributed by atoms with Crippen LogP contribution in [0.4, 0.5) is 4.79 Å². The van der Waals surface area contributed by atoms with Gasteiger partial charge in [-0.2, -0.15) is 0 Å². The number of carbonyl (C=O) groups is 1. The predicted molar refractivity (Wildman–Crippen MR) is 134 cm³/mol. The van der Waals surface area contributed by atoms with Crippen molar-refractivity contribution in [3.8, 4) is 16.9 Å². The van der Waals surface area contributed by atoms with Gasteiger partial charge in [0.25, 0.3) is 0 Å². The third-order valence-electron chi connectivity index (χ3n) is 7.46. The van der Waals surface area contributed by atoms with Crippen LogP contribution in [0.3, 0.4) is 0 Å². The molecule has 1 fully saturated rings. The molecule has 3 aromatic rings. The van der Waals surface area contributed by atoms with Crippen LogP contribution in [-0.4, -0.2) is 36.8 Å². The summed E-state index contributed by atoms with van der Waals surface area (Å²) in [5.41, 5.74) is 7.10. The number of hydrogen-bond acceptors (Lipinski definition) is 3. The summed E-state index contributed by atoms with van der Waals surface area (Å²) >= 11 is 6.50. The molecule has 2 heterocycles. The molecule has 2 atom stereocenters. The number of carbonyl (C=O) groups excluding carboxylic acids is 1. The zero-order chi connectivity index (χ0) is 23.2. The number of methoxy groups -OCH3 is 1. The zero-order valence-electron chi connectivity index (χ0n) is 19.0. The van der Waals surface area contributed by atoms with Gasteiger partial charge < -0.3 is 9.47 Å². The van der Waals surface area contributed by atoms with Crippen LogP contribution in [-0.2, 0) is 4.74 Å². The lowest BCUT2D eigenvalue weighted by atomic mass is 9.94. The highest BCUT2D eigenvalue weighted by molar-refractivity contribution is 6.32. The van der Waals surface area contributed by atoms with Crippen molar-refractivity contribution in [2.24, 2.45) is 0 Å². The van der Waals surface area contributed by atoms with Crippen molar-refractivity contribution < 1.29 is 14.3 Å². The molecule has 172 valence electrons. The summed E-state index contributed by atoms with van der Waals surface area (Å²) < 4.78 is 11.4. The molecule has 2 bridgehead atoms. The van der Waals surface area contributed by atoms with E-state index in [9.17, 15) is 4.79 Å². The number of amides is 1. The molecular formula is C29H26ClNO3. The summed E-state index contributed by atoms with van der Waals surface area (Å²) in [6.07, 6.45) is 4.65. The first-order valence-electron chi connectivity index (χ1n) is 11.8. The van der Waals surface area contributed by atoms with E-state index in [0.717, 1.165) is 30.6 Å². The van der Waals surface area contributed by atoms with Crippen LogP contribution in [0, 0.1) is 0 Å². The first-order chi connectivity index (χ1) is 16.6. The number of rotatable bonds is 4. The van der Waals surface area contributed by atoms with Gasteiger partial charge in [0.05, 0.1) is 13.2 Å². The highest BCUT2D eigenvalue weighted by Gasteiger charge is 2.41. The molecule has 6 rings (SSSR count). The first-order valence-corrected chi connectivity index (χ1v) is 12.2. The summed E-state index contributed by atoms with van der Waals surface area (Å²) in [5, 5.41) is 0.709. The van der Waals surface area contributed by atoms with Gasteiger partial charge in [0.1, 0.15) is 12.4 Å². The highest BCUT2D eigenvalue weighted by atomic mass is 35.5. The SMILES string of the molecule is COc1ccc(Cl)c(C2=CC3CCC(C2)N3C(=O)OCC2c3ccccc3-c3ccccc32)c1. The molecule has 34 heavy (non-hydrogen) atoms. The van der Waals surface area contributed by atoms with E-state index >= 15 is 0 Å². The minimum atomic E-state index is -0.221. The quantitative estimate of drug-likeness (QED) is 0.414. The van der Waals surface area contributed by atoms with E-state index in [0.29, 0.717) is 11.6 Å². The standard InChI is InChI=1S/C29H26ClNO3/c1-33-21-12-13-28(30)26(16-21)18-14-19-10-11-20(15-18)31(19)29(32)34-17-27-24-8-4-2-6-22(24)23-7-3-5-9-25(23)27/h2-9,12-14,16,19-20,27H,10-11,15,17H2,1H3. The smallest absolute Gasteiger partial charge is 0.410 e. The van der Waals surface area contributed by atoms with Gasteiger partial charge in [-0.1, -0.05) is 66.2 Å². The number of benzene rings is 3. The maximum absolute atomic E-state index is 13.3. The van der Waals surface area contributed by atoms with Gasteiger partial charge in [0, 0.05) is 17.0 Å². The second kappa shape index (κ2) is 8.52. The molecule has 0 saturated carbocycles. The minimum absolute atomic E-state index is 0.0340. The van der Waals surface area contributed by atoms with Crippen LogP contribution in [0.2, 0.25) is 5.02 Å². The van der Waals surface area contributed by atoms with Crippen LogP contribution >= 0.6 is 11.6 Å². The fraction of sp³-hybridized carbons (Fsp3) is 0.276. The van der Waals surface area contributed by atoms with Gasteiger partial charge in [-0.3, -0.25) is 4.90 Å². The molecule has 0 N–H and O–H groups in total. The van der Waals surface area contributed by atoms with Gasteiger partial charge >= 0.3 is 6.09 Å². The van der Waals surface area contributed by atoms with E-state index in [4.69, 9.17) is 21.1 Å². The average molecular weight is 472 g/mol. The van der Waals surface area contributed by atoms with Crippen molar-refractivity contribution in [2.75, 3.05) is 13.7 Å². The molecule has 2 unspecified atom stereocenters. The Hall–Kier alpha value is -3.24. The number of halogens is 1. The fourth-order valence-corrected chi connectivity index (χ4v) is 6.10. The summed E-state index contributed by atoms with van der Waals surface area (Å²) in [4.78, 5) is 15.2. The molecule has 3 aliphatic rings. The van der Waals surface area contributed by atoms with Gasteiger partial charge in [-0.25, -0.2) is 4.79 Å². The van der Waals surface area contributed by atoms with Gasteiger partial charge in [-0.15, -0.1) is 0 Å². The Morgan fingerprint density at radius 3 is 2.35 bits per heavy atom. The van der Waals surface area contributed by atoms with Crippen LogP contribution in [0.15, 0.2) is 72.8 Å². The van der Waals surface area contributed by atoms with Gasteiger partial charge in [-0.05, 0) is 70.9 Å². The molecule has 1 aliphatic carbocycles. The molecule has 2 aliphatic heterocycles. The van der Waals surface area contributed by atoms with E-state index in [1.165, 1.54) is 27.8 Å². The number of ether oxygens (including phenoxy) is 2. The van der Waals surface area contributed by atoms with Crippen molar-refractivity contribution in [3.05, 3.63) is 94.5 Å². The van der Waals surface area contributed by atoms with Crippen LogP contribution in [0.5, 0.6) is 5.75 Å². The Morgan fingerprint density at radius 2 is 1.68 bits per heavy atom. The monoisotopic (exact) mass is 471 g/mol. The fourth-order valence-electron chi connectivity index (χ4n) is 5.86. The Labute approximate surface area is 204 Å². The van der Waals surface area contributed by atoms with Crippen LogP contribution in [0.25, 0.3) is 16.7 Å². The summed E-state index contributed by atoms with van der Waals surface area (Å²) in [5.74, 6) is 0.854. The molecule has 0 spiro atoms. The summed E-state index contributed by atoms with van der Waals surface area (Å²) in [6, 6.07) is 22.7. The Kier molecular flexibility index (Phi) is 5.34. The molecule has 0 aromatic heterocycles. The highest BCUT2D eigenvalue weighted by Crippen LogP contribution is 2.45. The van der Waals surface area contributed by atoms with Gasteiger partial charge in [0.2, 0.25) is 0 Å². The lowest BCUT2D eigenvalue weighted by Crippen LogP contribution is -2.43. The third-order valence-corrected chi connectivity index (χ3v) is 7.79. The maximum atomic E-state index is 13.3. The Balaban J connectivity index is 1.21. The molecule has 4 nitrogen and oxygen atoms in total.